The van der Waals surface area contributed by atoms with E-state index >= 15 is 0 Å². The number of benzene rings is 1. The minimum absolute atomic E-state index is 0.0633. The molecular formula is C17H18O4. The van der Waals surface area contributed by atoms with Crippen molar-refractivity contribution in [1.82, 2.24) is 0 Å². The minimum atomic E-state index is -0.397. The van der Waals surface area contributed by atoms with E-state index in [9.17, 15) is 4.79 Å². The number of methoxy groups -OCH3 is 1. The maximum Gasteiger partial charge on any atom is 0.199 e. The zero-order valence-electron chi connectivity index (χ0n) is 12.9. The van der Waals surface area contributed by atoms with Crippen molar-refractivity contribution in [2.24, 2.45) is 0 Å². The second-order valence-corrected chi connectivity index (χ2v) is 5.85. The molecule has 0 amide bonds. The lowest BCUT2D eigenvalue weighted by Gasteiger charge is -2.28. The highest BCUT2D eigenvalue weighted by Crippen LogP contribution is 2.40. The molecule has 0 atom stereocenters. The van der Waals surface area contributed by atoms with Gasteiger partial charge in [-0.05, 0) is 39.8 Å². The van der Waals surface area contributed by atoms with Crippen LogP contribution < -0.4 is 14.9 Å². The number of fused-ring (bicyclic) bond motifs is 3. The summed E-state index contributed by atoms with van der Waals surface area (Å²) in [7, 11) is 1.54. The van der Waals surface area contributed by atoms with Crippen molar-refractivity contribution >= 4 is 17.0 Å². The second kappa shape index (κ2) is 4.38. The van der Waals surface area contributed by atoms with E-state index in [1.54, 1.807) is 27.0 Å². The zero-order valence-corrected chi connectivity index (χ0v) is 12.9. The average Bonchev–Trinajstić information content (AvgIpc) is 2.42. The highest BCUT2D eigenvalue weighted by atomic mass is 16.5. The van der Waals surface area contributed by atoms with E-state index in [2.05, 4.69) is 0 Å². The Morgan fingerprint density at radius 3 is 2.62 bits per heavy atom. The lowest BCUT2D eigenvalue weighted by molar-refractivity contribution is 0.158. The Morgan fingerprint density at radius 2 is 1.95 bits per heavy atom. The summed E-state index contributed by atoms with van der Waals surface area (Å²) in [5, 5.41) is 0.465. The molecule has 0 N–H and O–H groups in total. The molecular weight excluding hydrogens is 268 g/mol. The van der Waals surface area contributed by atoms with Crippen LogP contribution in [0.1, 0.15) is 30.7 Å². The third-order valence-electron chi connectivity index (χ3n) is 3.84. The molecule has 0 unspecified atom stereocenters. The summed E-state index contributed by atoms with van der Waals surface area (Å²) in [6.07, 6.45) is 3.90. The Morgan fingerprint density at radius 1 is 1.24 bits per heavy atom. The Balaban J connectivity index is 2.47. The van der Waals surface area contributed by atoms with Gasteiger partial charge in [-0.15, -0.1) is 0 Å². The molecule has 0 spiro atoms. The fourth-order valence-corrected chi connectivity index (χ4v) is 2.53. The van der Waals surface area contributed by atoms with Crippen LogP contribution >= 0.6 is 0 Å². The Hall–Kier alpha value is -2.23. The predicted molar refractivity (Wildman–Crippen MR) is 82.3 cm³/mol. The largest absolute Gasteiger partial charge is 0.496 e. The number of hydrogen-bond donors (Lipinski definition) is 0. The molecule has 2 aromatic rings. The van der Waals surface area contributed by atoms with Crippen LogP contribution in [0.15, 0.2) is 21.4 Å². The lowest BCUT2D eigenvalue weighted by Crippen LogP contribution is -2.27. The number of rotatable bonds is 1. The minimum Gasteiger partial charge on any atom is -0.496 e. The van der Waals surface area contributed by atoms with Gasteiger partial charge in [0, 0.05) is 11.6 Å². The molecule has 4 heteroatoms. The fraction of sp³-hybridized carbons (Fsp3) is 0.353. The van der Waals surface area contributed by atoms with Gasteiger partial charge in [-0.2, -0.15) is 0 Å². The van der Waals surface area contributed by atoms with E-state index in [0.29, 0.717) is 33.8 Å². The number of hydrogen-bond acceptors (Lipinski definition) is 4. The molecule has 1 aliphatic rings. The van der Waals surface area contributed by atoms with Crippen molar-refractivity contribution in [1.29, 1.82) is 0 Å². The van der Waals surface area contributed by atoms with Crippen molar-refractivity contribution in [3.05, 3.63) is 39.3 Å². The molecule has 0 aliphatic carbocycles. The van der Waals surface area contributed by atoms with Crippen LogP contribution in [0.3, 0.4) is 0 Å². The zero-order chi connectivity index (χ0) is 15.4. The van der Waals surface area contributed by atoms with E-state index in [0.717, 1.165) is 5.56 Å². The first-order valence-corrected chi connectivity index (χ1v) is 6.87. The molecule has 2 heterocycles. The molecule has 0 radical (unpaired) electrons. The number of ether oxygens (including phenoxy) is 2. The van der Waals surface area contributed by atoms with Gasteiger partial charge in [0.25, 0.3) is 0 Å². The number of aryl methyl sites for hydroxylation is 1. The van der Waals surface area contributed by atoms with Gasteiger partial charge in [0.2, 0.25) is 0 Å². The van der Waals surface area contributed by atoms with Gasteiger partial charge in [0.1, 0.15) is 28.2 Å². The molecule has 1 aromatic carbocycles. The molecule has 4 nitrogen and oxygen atoms in total. The van der Waals surface area contributed by atoms with Gasteiger partial charge in [0.05, 0.1) is 12.7 Å². The molecule has 21 heavy (non-hydrogen) atoms. The monoisotopic (exact) mass is 286 g/mol. The van der Waals surface area contributed by atoms with Crippen molar-refractivity contribution in [2.75, 3.05) is 7.11 Å². The maximum absolute atomic E-state index is 12.5. The molecule has 0 fully saturated rings. The van der Waals surface area contributed by atoms with Gasteiger partial charge in [-0.25, -0.2) is 0 Å². The third kappa shape index (κ3) is 2.02. The highest BCUT2D eigenvalue weighted by molar-refractivity contribution is 5.94. The smallest absolute Gasteiger partial charge is 0.199 e. The van der Waals surface area contributed by atoms with Crippen molar-refractivity contribution in [3.63, 3.8) is 0 Å². The maximum atomic E-state index is 12.5. The second-order valence-electron chi connectivity index (χ2n) is 5.85. The van der Waals surface area contributed by atoms with Gasteiger partial charge >= 0.3 is 0 Å². The van der Waals surface area contributed by atoms with Crippen molar-refractivity contribution in [3.8, 4) is 11.5 Å². The Bertz CT molecular complexity index is 825. The first kappa shape index (κ1) is 13.7. The van der Waals surface area contributed by atoms with Crippen LogP contribution in [0.5, 0.6) is 11.5 Å². The van der Waals surface area contributed by atoms with Crippen molar-refractivity contribution in [2.45, 2.75) is 33.3 Å². The first-order valence-electron chi connectivity index (χ1n) is 6.87. The molecule has 1 aromatic heterocycles. The van der Waals surface area contributed by atoms with Gasteiger partial charge in [-0.1, -0.05) is 0 Å². The third-order valence-corrected chi connectivity index (χ3v) is 3.84. The summed E-state index contributed by atoms with van der Waals surface area (Å²) in [5.41, 5.74) is 1.44. The van der Waals surface area contributed by atoms with Gasteiger partial charge in [-0.3, -0.25) is 4.79 Å². The van der Waals surface area contributed by atoms with Gasteiger partial charge in [0.15, 0.2) is 11.0 Å². The van der Waals surface area contributed by atoms with Crippen molar-refractivity contribution < 1.29 is 13.9 Å². The van der Waals surface area contributed by atoms with E-state index in [1.807, 2.05) is 26.0 Å². The van der Waals surface area contributed by atoms with Crippen LogP contribution in [0.25, 0.3) is 17.0 Å². The topological polar surface area (TPSA) is 48.7 Å². The first-order chi connectivity index (χ1) is 9.84. The predicted octanol–water partition coefficient (Wildman–Crippen LogP) is 3.60. The molecule has 1 aliphatic heterocycles. The van der Waals surface area contributed by atoms with Gasteiger partial charge < -0.3 is 13.9 Å². The summed E-state index contributed by atoms with van der Waals surface area (Å²) in [6, 6.07) is 1.76. The lowest BCUT2D eigenvalue weighted by atomic mass is 9.99. The summed E-state index contributed by atoms with van der Waals surface area (Å²) < 4.78 is 17.2. The van der Waals surface area contributed by atoms with Crippen LogP contribution in [0, 0.1) is 13.8 Å². The summed E-state index contributed by atoms with van der Waals surface area (Å²) in [6.45, 7) is 7.49. The Labute approximate surface area is 123 Å². The van der Waals surface area contributed by atoms with E-state index in [4.69, 9.17) is 13.9 Å². The van der Waals surface area contributed by atoms with E-state index in [1.165, 1.54) is 0 Å². The summed E-state index contributed by atoms with van der Waals surface area (Å²) >= 11 is 0. The average molecular weight is 286 g/mol. The molecule has 0 saturated heterocycles. The van der Waals surface area contributed by atoms with Crippen LogP contribution in [-0.2, 0) is 0 Å². The molecule has 0 saturated carbocycles. The molecule has 3 rings (SSSR count). The van der Waals surface area contributed by atoms with Crippen LogP contribution in [-0.4, -0.2) is 12.7 Å². The van der Waals surface area contributed by atoms with E-state index in [-0.39, 0.29) is 5.43 Å². The standard InChI is InChI=1S/C17H18O4/c1-9-10(2)20-16-11-6-7-17(3,4)21-12(11)8-13(19-5)14(16)15(9)18/h6-8H,1-5H3. The Kier molecular flexibility index (Phi) is 2.87. The van der Waals surface area contributed by atoms with Crippen LogP contribution in [0.4, 0.5) is 0 Å². The van der Waals surface area contributed by atoms with Crippen LogP contribution in [0.2, 0.25) is 0 Å². The quantitative estimate of drug-likeness (QED) is 0.803. The summed E-state index contributed by atoms with van der Waals surface area (Å²) in [5.74, 6) is 1.76. The highest BCUT2D eigenvalue weighted by Gasteiger charge is 2.27. The molecule has 0 bridgehead atoms. The van der Waals surface area contributed by atoms with E-state index < -0.39 is 5.60 Å². The SMILES string of the molecule is COc1cc2c(c3oc(C)c(C)c(=O)c13)C=CC(C)(C)O2. The normalized spacial score (nSPS) is 15.7. The fourth-order valence-electron chi connectivity index (χ4n) is 2.53. The summed E-state index contributed by atoms with van der Waals surface area (Å²) in [4.78, 5) is 12.5. The molecule has 110 valence electrons.